The number of aliphatic hydroxyl groups is 2. The molecule has 1 saturated heterocycles. The summed E-state index contributed by atoms with van der Waals surface area (Å²) in [7, 11) is 2.10. The van der Waals surface area contributed by atoms with E-state index in [0.29, 0.717) is 0 Å². The van der Waals surface area contributed by atoms with Crippen molar-refractivity contribution in [2.24, 2.45) is 0 Å². The number of carbonyl (C=O) groups excluding carboxylic acids is 1. The van der Waals surface area contributed by atoms with Crippen molar-refractivity contribution in [3.05, 3.63) is 0 Å². The van der Waals surface area contributed by atoms with Crippen LogP contribution in [0.4, 0.5) is 4.79 Å². The zero-order chi connectivity index (χ0) is 31.8. The number of likely N-dealkylation sites (N-methyl/N-ethyl adjacent to an activating group) is 1. The minimum absolute atomic E-state index is 0.197. The molecule has 1 fully saturated rings. The molecule has 0 spiro atoms. The Bertz CT molecular complexity index is 827. The second-order valence-electron chi connectivity index (χ2n) is 8.70. The molecular formula is C22H37N3O15. The predicted molar refractivity (Wildman–Crippen MR) is 132 cm³/mol. The van der Waals surface area contributed by atoms with E-state index in [2.05, 4.69) is 11.9 Å². The van der Waals surface area contributed by atoms with Crippen LogP contribution < -0.4 is 0 Å². The number of amides is 2. The van der Waals surface area contributed by atoms with Gasteiger partial charge in [-0.25, -0.2) is 14.4 Å². The number of piperazine rings is 1. The second-order valence-corrected chi connectivity index (χ2v) is 8.70. The molecule has 0 aromatic rings. The number of aliphatic carboxylic acids is 6. The Morgan fingerprint density at radius 1 is 0.600 bits per heavy atom. The van der Waals surface area contributed by atoms with Gasteiger partial charge in [0.2, 0.25) is 0 Å². The van der Waals surface area contributed by atoms with Crippen LogP contribution >= 0.6 is 0 Å². The van der Waals surface area contributed by atoms with Crippen molar-refractivity contribution in [2.75, 3.05) is 46.3 Å². The Morgan fingerprint density at radius 3 is 1.07 bits per heavy atom. The van der Waals surface area contributed by atoms with Crippen LogP contribution in [0.15, 0.2) is 0 Å². The topological polar surface area (TPSA) is 291 Å². The van der Waals surface area contributed by atoms with E-state index >= 15 is 0 Å². The Labute approximate surface area is 228 Å². The van der Waals surface area contributed by atoms with Gasteiger partial charge in [-0.1, -0.05) is 0 Å². The lowest BCUT2D eigenvalue weighted by atomic mass is 9.96. The van der Waals surface area contributed by atoms with Crippen molar-refractivity contribution in [1.82, 2.24) is 14.7 Å². The van der Waals surface area contributed by atoms with Gasteiger partial charge in [0, 0.05) is 39.3 Å². The standard InChI is InChI=1S/C10H21N3O.2C6H8O7/c1-4-12(5-2)10(14)13-8-6-11(3)7-9-13;2*7-3(8)1-6(13,5(11)12)2-4(9)10/h4-9H2,1-3H3;2*13H,1-2H2,(H,7,8)(H,9,10)(H,11,12). The zero-order valence-electron chi connectivity index (χ0n) is 22.3. The maximum Gasteiger partial charge on any atom is 0.336 e. The lowest BCUT2D eigenvalue weighted by molar-refractivity contribution is -0.170. The first-order chi connectivity index (χ1) is 18.2. The molecule has 0 radical (unpaired) electrons. The van der Waals surface area contributed by atoms with Crippen molar-refractivity contribution < 1.29 is 74.4 Å². The summed E-state index contributed by atoms with van der Waals surface area (Å²) in [5.41, 5.74) is -5.48. The number of hydrogen-bond acceptors (Lipinski definition) is 10. The van der Waals surface area contributed by atoms with Gasteiger partial charge in [0.05, 0.1) is 25.7 Å². The molecule has 2 amide bonds. The largest absolute Gasteiger partial charge is 0.481 e. The van der Waals surface area contributed by atoms with E-state index in [-0.39, 0.29) is 6.03 Å². The van der Waals surface area contributed by atoms with Gasteiger partial charge in [-0.2, -0.15) is 0 Å². The van der Waals surface area contributed by atoms with Crippen LogP contribution in [-0.2, 0) is 28.8 Å². The number of carboxylic acids is 6. The minimum atomic E-state index is -2.74. The smallest absolute Gasteiger partial charge is 0.336 e. The molecule has 18 nitrogen and oxygen atoms in total. The van der Waals surface area contributed by atoms with Crippen molar-refractivity contribution in [3.8, 4) is 0 Å². The first-order valence-corrected chi connectivity index (χ1v) is 11.8. The average molecular weight is 584 g/mol. The Kier molecular flexibility index (Phi) is 16.7. The van der Waals surface area contributed by atoms with E-state index < -0.39 is 72.7 Å². The van der Waals surface area contributed by atoms with E-state index in [1.807, 2.05) is 23.6 Å². The van der Waals surface area contributed by atoms with Gasteiger partial charge in [0.25, 0.3) is 0 Å². The van der Waals surface area contributed by atoms with Crippen LogP contribution in [0.1, 0.15) is 39.5 Å². The summed E-state index contributed by atoms with van der Waals surface area (Å²) >= 11 is 0. The summed E-state index contributed by atoms with van der Waals surface area (Å²) in [6.07, 6.45) is -4.58. The molecule has 18 heteroatoms. The monoisotopic (exact) mass is 583 g/mol. The van der Waals surface area contributed by atoms with Gasteiger partial charge in [-0.3, -0.25) is 19.2 Å². The van der Waals surface area contributed by atoms with Crippen LogP contribution in [0, 0.1) is 0 Å². The molecule has 40 heavy (non-hydrogen) atoms. The van der Waals surface area contributed by atoms with Crippen LogP contribution in [0.3, 0.4) is 0 Å². The molecule has 0 atom stereocenters. The molecule has 0 aromatic carbocycles. The third-order valence-corrected chi connectivity index (χ3v) is 5.38. The van der Waals surface area contributed by atoms with E-state index in [1.54, 1.807) is 0 Å². The number of hydrogen-bond donors (Lipinski definition) is 8. The third-order valence-electron chi connectivity index (χ3n) is 5.38. The molecule has 8 N–H and O–H groups in total. The number of carboxylic acid groups (broad SMARTS) is 6. The molecule has 230 valence electrons. The van der Waals surface area contributed by atoms with Gasteiger partial charge in [0.15, 0.2) is 11.2 Å². The van der Waals surface area contributed by atoms with E-state index in [9.17, 15) is 33.6 Å². The molecule has 0 aromatic heterocycles. The van der Waals surface area contributed by atoms with Gasteiger partial charge in [0.1, 0.15) is 0 Å². The molecule has 0 bridgehead atoms. The summed E-state index contributed by atoms with van der Waals surface area (Å²) < 4.78 is 0. The van der Waals surface area contributed by atoms with Gasteiger partial charge < -0.3 is 55.6 Å². The number of nitrogens with zero attached hydrogens (tertiary/aromatic N) is 3. The highest BCUT2D eigenvalue weighted by Crippen LogP contribution is 2.16. The highest BCUT2D eigenvalue weighted by molar-refractivity contribution is 5.88. The Balaban J connectivity index is 0. The normalized spacial score (nSPS) is 13.5. The van der Waals surface area contributed by atoms with Crippen LogP contribution in [-0.4, -0.2) is 155 Å². The summed E-state index contributed by atoms with van der Waals surface area (Å²) in [6.45, 7) is 9.38. The van der Waals surface area contributed by atoms with Crippen molar-refractivity contribution >= 4 is 41.8 Å². The van der Waals surface area contributed by atoms with Crippen LogP contribution in [0.2, 0.25) is 0 Å². The molecule has 0 saturated carbocycles. The maximum absolute atomic E-state index is 11.9. The molecule has 1 aliphatic heterocycles. The van der Waals surface area contributed by atoms with Crippen molar-refractivity contribution in [2.45, 2.75) is 50.7 Å². The van der Waals surface area contributed by atoms with E-state index in [4.69, 9.17) is 40.9 Å². The number of carbonyl (C=O) groups is 7. The highest BCUT2D eigenvalue weighted by Gasteiger charge is 2.41. The molecule has 0 aliphatic carbocycles. The first kappa shape index (κ1) is 38.1. The lowest BCUT2D eigenvalue weighted by Crippen LogP contribution is -2.51. The lowest BCUT2D eigenvalue weighted by Gasteiger charge is -2.35. The molecule has 1 heterocycles. The average Bonchev–Trinajstić information content (AvgIpc) is 2.78. The van der Waals surface area contributed by atoms with Gasteiger partial charge >= 0.3 is 41.8 Å². The van der Waals surface area contributed by atoms with Gasteiger partial charge in [-0.05, 0) is 20.9 Å². The summed E-state index contributed by atoms with van der Waals surface area (Å²) in [4.78, 5) is 79.0. The molecular weight excluding hydrogens is 546 g/mol. The van der Waals surface area contributed by atoms with Crippen LogP contribution in [0.5, 0.6) is 0 Å². The SMILES string of the molecule is CCN(CC)C(=O)N1CCN(C)CC1.O=C(O)CC(O)(CC(=O)O)C(=O)O.O=C(O)CC(O)(CC(=O)O)C(=O)O. The number of rotatable bonds is 12. The summed E-state index contributed by atoms with van der Waals surface area (Å²) in [5, 5.41) is 67.6. The second kappa shape index (κ2) is 17.5. The first-order valence-electron chi connectivity index (χ1n) is 11.8. The summed E-state index contributed by atoms with van der Waals surface area (Å²) in [6, 6.07) is 0.197. The Hall–Kier alpha value is -4.03. The fourth-order valence-electron chi connectivity index (χ4n) is 3.12. The Morgan fingerprint density at radius 2 is 0.875 bits per heavy atom. The van der Waals surface area contributed by atoms with Crippen LogP contribution in [0.25, 0.3) is 0 Å². The van der Waals surface area contributed by atoms with E-state index in [0.717, 1.165) is 39.3 Å². The number of urea groups is 1. The predicted octanol–water partition coefficient (Wildman–Crippen LogP) is -1.80. The quantitative estimate of drug-likeness (QED) is 0.126. The summed E-state index contributed by atoms with van der Waals surface area (Å²) in [5.74, 6) is -10.0. The van der Waals surface area contributed by atoms with E-state index in [1.165, 1.54) is 0 Å². The molecule has 0 unspecified atom stereocenters. The fourth-order valence-corrected chi connectivity index (χ4v) is 3.12. The third kappa shape index (κ3) is 14.8. The van der Waals surface area contributed by atoms with Crippen molar-refractivity contribution in [1.29, 1.82) is 0 Å². The zero-order valence-corrected chi connectivity index (χ0v) is 22.3. The minimum Gasteiger partial charge on any atom is -0.481 e. The van der Waals surface area contributed by atoms with Gasteiger partial charge in [-0.15, -0.1) is 0 Å². The fraction of sp³-hybridized carbons (Fsp3) is 0.682. The molecule has 1 rings (SSSR count). The molecule has 1 aliphatic rings. The highest BCUT2D eigenvalue weighted by atomic mass is 16.4. The van der Waals surface area contributed by atoms with Crippen molar-refractivity contribution in [3.63, 3.8) is 0 Å². The maximum atomic E-state index is 11.9.